The molecule has 2 atom stereocenters. The molecule has 21 heavy (non-hydrogen) atoms. The fourth-order valence-corrected chi connectivity index (χ4v) is 2.71. The Labute approximate surface area is 125 Å². The molecule has 0 spiro atoms. The Bertz CT molecular complexity index is 513. The molecule has 0 saturated carbocycles. The highest BCUT2D eigenvalue weighted by atomic mass is 16.2. The predicted octanol–water partition coefficient (Wildman–Crippen LogP) is 0.979. The van der Waals surface area contributed by atoms with E-state index in [0.29, 0.717) is 13.1 Å². The zero-order chi connectivity index (χ0) is 15.4. The summed E-state index contributed by atoms with van der Waals surface area (Å²) in [6, 6.07) is 7.02. The maximum atomic E-state index is 12.5. The van der Waals surface area contributed by atoms with Gasteiger partial charge in [0, 0.05) is 20.1 Å². The van der Waals surface area contributed by atoms with Crippen LogP contribution in [-0.4, -0.2) is 36.9 Å². The standard InChI is InChI=1S/C16H23N3O2/c1-11-5-7-12(8-6-11)14(17)16(21)19-9-3-4-13(10-19)15(20)18-2/h5-8,13-14H,3-4,9-10,17H2,1-2H3,(H,18,20). The molecule has 0 aromatic heterocycles. The number of likely N-dealkylation sites (tertiary alicyclic amines) is 1. The number of aryl methyl sites for hydroxylation is 1. The average molecular weight is 289 g/mol. The number of carbonyl (C=O) groups is 2. The maximum absolute atomic E-state index is 12.5. The van der Waals surface area contributed by atoms with Crippen molar-refractivity contribution in [2.75, 3.05) is 20.1 Å². The molecule has 1 aliphatic rings. The lowest BCUT2D eigenvalue weighted by atomic mass is 9.96. The Morgan fingerprint density at radius 1 is 1.33 bits per heavy atom. The highest BCUT2D eigenvalue weighted by Crippen LogP contribution is 2.21. The number of benzene rings is 1. The summed E-state index contributed by atoms with van der Waals surface area (Å²) in [5, 5.41) is 2.65. The van der Waals surface area contributed by atoms with Gasteiger partial charge in [0.15, 0.2) is 0 Å². The summed E-state index contributed by atoms with van der Waals surface area (Å²) in [6.07, 6.45) is 1.66. The lowest BCUT2D eigenvalue weighted by molar-refractivity contribution is -0.136. The van der Waals surface area contributed by atoms with Crippen LogP contribution in [0.5, 0.6) is 0 Å². The minimum atomic E-state index is -0.658. The van der Waals surface area contributed by atoms with Gasteiger partial charge < -0.3 is 16.0 Å². The van der Waals surface area contributed by atoms with Gasteiger partial charge in [-0.05, 0) is 25.3 Å². The number of carbonyl (C=O) groups excluding carboxylic acids is 2. The molecule has 0 radical (unpaired) electrons. The largest absolute Gasteiger partial charge is 0.359 e. The molecular weight excluding hydrogens is 266 g/mol. The monoisotopic (exact) mass is 289 g/mol. The van der Waals surface area contributed by atoms with Crippen LogP contribution in [-0.2, 0) is 9.59 Å². The third-order valence-electron chi connectivity index (χ3n) is 4.05. The first kappa shape index (κ1) is 15.5. The van der Waals surface area contributed by atoms with Crippen molar-refractivity contribution in [3.05, 3.63) is 35.4 Å². The first-order valence-corrected chi connectivity index (χ1v) is 7.35. The van der Waals surface area contributed by atoms with Crippen LogP contribution in [0.3, 0.4) is 0 Å². The van der Waals surface area contributed by atoms with Crippen LogP contribution in [0.15, 0.2) is 24.3 Å². The van der Waals surface area contributed by atoms with E-state index in [9.17, 15) is 9.59 Å². The van der Waals surface area contributed by atoms with Crippen LogP contribution >= 0.6 is 0 Å². The second-order valence-corrected chi connectivity index (χ2v) is 5.63. The van der Waals surface area contributed by atoms with E-state index in [0.717, 1.165) is 24.0 Å². The van der Waals surface area contributed by atoms with Crippen molar-refractivity contribution in [2.45, 2.75) is 25.8 Å². The van der Waals surface area contributed by atoms with E-state index in [1.807, 2.05) is 31.2 Å². The maximum Gasteiger partial charge on any atom is 0.244 e. The smallest absolute Gasteiger partial charge is 0.244 e. The summed E-state index contributed by atoms with van der Waals surface area (Å²) in [5.41, 5.74) is 8.03. The zero-order valence-electron chi connectivity index (χ0n) is 12.6. The molecule has 2 amide bonds. The molecule has 5 nitrogen and oxygen atoms in total. The van der Waals surface area contributed by atoms with Crippen LogP contribution < -0.4 is 11.1 Å². The lowest BCUT2D eigenvalue weighted by Crippen LogP contribution is -2.47. The quantitative estimate of drug-likeness (QED) is 0.871. The van der Waals surface area contributed by atoms with Crippen molar-refractivity contribution in [1.29, 1.82) is 0 Å². The molecule has 114 valence electrons. The number of piperidine rings is 1. The SMILES string of the molecule is CNC(=O)C1CCCN(C(=O)C(N)c2ccc(C)cc2)C1. The van der Waals surface area contributed by atoms with Gasteiger partial charge in [0.1, 0.15) is 6.04 Å². The van der Waals surface area contributed by atoms with Gasteiger partial charge in [-0.25, -0.2) is 0 Å². The average Bonchev–Trinajstić information content (AvgIpc) is 2.53. The number of amides is 2. The number of nitrogens with two attached hydrogens (primary N) is 1. The molecule has 1 fully saturated rings. The Hall–Kier alpha value is -1.88. The van der Waals surface area contributed by atoms with E-state index in [2.05, 4.69) is 5.32 Å². The predicted molar refractivity (Wildman–Crippen MR) is 81.5 cm³/mol. The molecule has 3 N–H and O–H groups in total. The van der Waals surface area contributed by atoms with Crippen LogP contribution in [0.4, 0.5) is 0 Å². The van der Waals surface area contributed by atoms with Gasteiger partial charge >= 0.3 is 0 Å². The van der Waals surface area contributed by atoms with Gasteiger partial charge in [-0.2, -0.15) is 0 Å². The fraction of sp³-hybridized carbons (Fsp3) is 0.500. The molecule has 1 aromatic carbocycles. The molecule has 1 aliphatic heterocycles. The molecular formula is C16H23N3O2. The molecule has 0 aliphatic carbocycles. The van der Waals surface area contributed by atoms with E-state index >= 15 is 0 Å². The minimum absolute atomic E-state index is 0.00333. The van der Waals surface area contributed by atoms with Gasteiger partial charge in [-0.3, -0.25) is 9.59 Å². The third-order valence-corrected chi connectivity index (χ3v) is 4.05. The van der Waals surface area contributed by atoms with Crippen LogP contribution in [0, 0.1) is 12.8 Å². The summed E-state index contributed by atoms with van der Waals surface area (Å²) in [6.45, 7) is 3.12. The first-order valence-electron chi connectivity index (χ1n) is 7.35. The number of nitrogens with one attached hydrogen (secondary N) is 1. The first-order chi connectivity index (χ1) is 10.0. The van der Waals surface area contributed by atoms with Crippen molar-refractivity contribution >= 4 is 11.8 Å². The molecule has 1 saturated heterocycles. The van der Waals surface area contributed by atoms with Crippen LogP contribution in [0.1, 0.15) is 30.0 Å². The second kappa shape index (κ2) is 6.72. The van der Waals surface area contributed by atoms with Gasteiger partial charge in [-0.15, -0.1) is 0 Å². The molecule has 5 heteroatoms. The zero-order valence-corrected chi connectivity index (χ0v) is 12.6. The second-order valence-electron chi connectivity index (χ2n) is 5.63. The van der Waals surface area contributed by atoms with Crippen molar-refractivity contribution in [3.63, 3.8) is 0 Å². The van der Waals surface area contributed by atoms with Crippen molar-refractivity contribution < 1.29 is 9.59 Å². The summed E-state index contributed by atoms with van der Waals surface area (Å²) < 4.78 is 0. The van der Waals surface area contributed by atoms with E-state index in [1.165, 1.54) is 0 Å². The highest BCUT2D eigenvalue weighted by Gasteiger charge is 2.30. The molecule has 1 heterocycles. The van der Waals surface area contributed by atoms with Crippen molar-refractivity contribution in [1.82, 2.24) is 10.2 Å². The van der Waals surface area contributed by atoms with Gasteiger partial charge in [0.05, 0.1) is 5.92 Å². The Balaban J connectivity index is 2.04. The van der Waals surface area contributed by atoms with Crippen LogP contribution in [0.2, 0.25) is 0 Å². The number of hydrogen-bond donors (Lipinski definition) is 2. The topological polar surface area (TPSA) is 75.4 Å². The normalized spacial score (nSPS) is 20.0. The number of hydrogen-bond acceptors (Lipinski definition) is 3. The third kappa shape index (κ3) is 3.61. The summed E-state index contributed by atoms with van der Waals surface area (Å²) in [7, 11) is 1.63. The van der Waals surface area contributed by atoms with Crippen LogP contribution in [0.25, 0.3) is 0 Å². The molecule has 1 aromatic rings. The van der Waals surface area contributed by atoms with Gasteiger partial charge in [0.2, 0.25) is 11.8 Å². The molecule has 2 unspecified atom stereocenters. The lowest BCUT2D eigenvalue weighted by Gasteiger charge is -2.33. The van der Waals surface area contributed by atoms with Crippen molar-refractivity contribution in [2.24, 2.45) is 11.7 Å². The van der Waals surface area contributed by atoms with Gasteiger partial charge in [0.25, 0.3) is 0 Å². The number of nitrogens with zero attached hydrogens (tertiary/aromatic N) is 1. The van der Waals surface area contributed by atoms with E-state index < -0.39 is 6.04 Å². The molecule has 2 rings (SSSR count). The Morgan fingerprint density at radius 3 is 2.62 bits per heavy atom. The van der Waals surface area contributed by atoms with Crippen molar-refractivity contribution in [3.8, 4) is 0 Å². The number of rotatable bonds is 3. The Kier molecular flexibility index (Phi) is 4.96. The minimum Gasteiger partial charge on any atom is -0.359 e. The van der Waals surface area contributed by atoms with E-state index in [1.54, 1.807) is 11.9 Å². The molecule has 0 bridgehead atoms. The summed E-state index contributed by atoms with van der Waals surface area (Å²) in [5.74, 6) is -0.234. The Morgan fingerprint density at radius 2 is 2.00 bits per heavy atom. The highest BCUT2D eigenvalue weighted by molar-refractivity contribution is 5.84. The van der Waals surface area contributed by atoms with Gasteiger partial charge in [-0.1, -0.05) is 29.8 Å². The summed E-state index contributed by atoms with van der Waals surface area (Å²) in [4.78, 5) is 26.0. The van der Waals surface area contributed by atoms with E-state index in [-0.39, 0.29) is 17.7 Å². The fourth-order valence-electron chi connectivity index (χ4n) is 2.71. The van der Waals surface area contributed by atoms with E-state index in [4.69, 9.17) is 5.73 Å². The summed E-state index contributed by atoms with van der Waals surface area (Å²) >= 11 is 0.